The number of carboxylic acid groups (broad SMARTS) is 1. The van der Waals surface area contributed by atoms with Crippen LogP contribution in [0.1, 0.15) is 12.8 Å². The highest BCUT2D eigenvalue weighted by Crippen LogP contribution is 2.17. The highest BCUT2D eigenvalue weighted by Gasteiger charge is 2.26. The molecule has 1 aliphatic rings. The maximum Gasteiger partial charge on any atom is 0.307 e. The quantitative estimate of drug-likeness (QED) is 0.815. The molecule has 6 nitrogen and oxygen atoms in total. The number of carbonyl (C=O) groups excluding carboxylic acids is 1. The van der Waals surface area contributed by atoms with Crippen LogP contribution in [-0.4, -0.2) is 66.6 Å². The van der Waals surface area contributed by atoms with Gasteiger partial charge in [0.2, 0.25) is 5.91 Å². The number of rotatable bonds is 7. The fraction of sp³-hybridized carbons (Fsp3) is 0.529. The zero-order valence-electron chi connectivity index (χ0n) is 13.8. The maximum absolute atomic E-state index is 13.4. The number of carbonyl (C=O) groups is 2. The number of likely N-dealkylation sites (tertiary alicyclic amines) is 1. The summed E-state index contributed by atoms with van der Waals surface area (Å²) in [6, 6.07) is 6.12. The van der Waals surface area contributed by atoms with E-state index in [1.54, 1.807) is 19.2 Å². The first-order chi connectivity index (χ1) is 11.5. The summed E-state index contributed by atoms with van der Waals surface area (Å²) in [5.74, 6) is -1.57. The summed E-state index contributed by atoms with van der Waals surface area (Å²) >= 11 is 0. The minimum absolute atomic E-state index is 0.0989. The van der Waals surface area contributed by atoms with Gasteiger partial charge in [-0.15, -0.1) is 0 Å². The summed E-state index contributed by atoms with van der Waals surface area (Å²) in [6.07, 6.45) is 1.44. The molecule has 1 aromatic carbocycles. The van der Waals surface area contributed by atoms with Gasteiger partial charge in [0.05, 0.1) is 19.0 Å². The smallest absolute Gasteiger partial charge is 0.307 e. The van der Waals surface area contributed by atoms with Crippen LogP contribution in [0.4, 0.5) is 4.39 Å². The number of hydrogen-bond acceptors (Lipinski definition) is 4. The van der Waals surface area contributed by atoms with Crippen LogP contribution in [0.2, 0.25) is 0 Å². The van der Waals surface area contributed by atoms with E-state index in [1.807, 2.05) is 4.90 Å². The summed E-state index contributed by atoms with van der Waals surface area (Å²) < 4.78 is 18.8. The molecule has 1 N–H and O–H groups in total. The van der Waals surface area contributed by atoms with Crippen LogP contribution in [0.5, 0.6) is 5.75 Å². The molecule has 0 aliphatic carbocycles. The molecular formula is C17H23FN2O4. The van der Waals surface area contributed by atoms with Crippen molar-refractivity contribution in [2.75, 3.05) is 39.8 Å². The number of amides is 1. The Morgan fingerprint density at radius 1 is 1.42 bits per heavy atom. The molecule has 7 heteroatoms. The summed E-state index contributed by atoms with van der Waals surface area (Å²) in [6.45, 7) is 1.86. The average Bonchev–Trinajstić information content (AvgIpc) is 2.56. The Kier molecular flexibility index (Phi) is 6.54. The summed E-state index contributed by atoms with van der Waals surface area (Å²) in [7, 11) is 1.66. The molecule has 1 aromatic rings. The number of halogens is 1. The molecule has 0 saturated carbocycles. The van der Waals surface area contributed by atoms with E-state index in [-0.39, 0.29) is 24.8 Å². The van der Waals surface area contributed by atoms with Crippen LogP contribution in [0, 0.1) is 11.7 Å². The lowest BCUT2D eigenvalue weighted by molar-refractivity contribution is -0.144. The Labute approximate surface area is 140 Å². The van der Waals surface area contributed by atoms with Crippen molar-refractivity contribution >= 4 is 11.9 Å². The second-order valence-electron chi connectivity index (χ2n) is 6.01. The fourth-order valence-corrected chi connectivity index (χ4v) is 2.69. The van der Waals surface area contributed by atoms with Gasteiger partial charge in [-0.25, -0.2) is 4.39 Å². The van der Waals surface area contributed by atoms with E-state index >= 15 is 0 Å². The molecule has 0 spiro atoms. The van der Waals surface area contributed by atoms with Crippen molar-refractivity contribution in [1.82, 2.24) is 9.80 Å². The van der Waals surface area contributed by atoms with Gasteiger partial charge < -0.3 is 14.7 Å². The Bertz CT molecular complexity index is 581. The van der Waals surface area contributed by atoms with E-state index < -0.39 is 17.7 Å². The summed E-state index contributed by atoms with van der Waals surface area (Å²) in [5, 5.41) is 9.08. The van der Waals surface area contributed by atoms with E-state index in [9.17, 15) is 14.0 Å². The first kappa shape index (κ1) is 18.2. The van der Waals surface area contributed by atoms with Gasteiger partial charge in [0, 0.05) is 13.6 Å². The highest BCUT2D eigenvalue weighted by molar-refractivity contribution is 5.78. The number of piperidine rings is 1. The van der Waals surface area contributed by atoms with Gasteiger partial charge in [-0.2, -0.15) is 0 Å². The summed E-state index contributed by atoms with van der Waals surface area (Å²) in [4.78, 5) is 26.7. The van der Waals surface area contributed by atoms with Crippen LogP contribution in [0.3, 0.4) is 0 Å². The van der Waals surface area contributed by atoms with Crippen LogP contribution < -0.4 is 4.74 Å². The third-order valence-electron chi connectivity index (χ3n) is 4.16. The first-order valence-electron chi connectivity index (χ1n) is 8.04. The zero-order chi connectivity index (χ0) is 17.5. The number of carboxylic acids is 1. The Morgan fingerprint density at radius 2 is 2.17 bits per heavy atom. The number of hydrogen-bond donors (Lipinski definition) is 1. The van der Waals surface area contributed by atoms with E-state index in [1.165, 1.54) is 17.0 Å². The molecular weight excluding hydrogens is 315 g/mol. The molecule has 1 saturated heterocycles. The van der Waals surface area contributed by atoms with Gasteiger partial charge in [0.25, 0.3) is 0 Å². The van der Waals surface area contributed by atoms with Crippen LogP contribution >= 0.6 is 0 Å². The van der Waals surface area contributed by atoms with Gasteiger partial charge in [-0.05, 0) is 31.5 Å². The van der Waals surface area contributed by atoms with Gasteiger partial charge in [0.1, 0.15) is 6.61 Å². The van der Waals surface area contributed by atoms with Crippen LogP contribution in [-0.2, 0) is 9.59 Å². The lowest BCUT2D eigenvalue weighted by Crippen LogP contribution is -2.45. The van der Waals surface area contributed by atoms with Crippen LogP contribution in [0.25, 0.3) is 0 Å². The summed E-state index contributed by atoms with van der Waals surface area (Å²) in [5.41, 5.74) is 0. The molecule has 1 amide bonds. The average molecular weight is 338 g/mol. The third kappa shape index (κ3) is 5.19. The Hall–Kier alpha value is -2.15. The van der Waals surface area contributed by atoms with Gasteiger partial charge in [-0.1, -0.05) is 12.1 Å². The first-order valence-corrected chi connectivity index (χ1v) is 8.04. The molecule has 24 heavy (non-hydrogen) atoms. The number of nitrogens with zero attached hydrogens (tertiary/aromatic N) is 2. The highest BCUT2D eigenvalue weighted by atomic mass is 19.1. The number of aliphatic carboxylic acids is 1. The maximum atomic E-state index is 13.4. The van der Waals surface area contributed by atoms with Crippen molar-refractivity contribution in [3.63, 3.8) is 0 Å². The van der Waals surface area contributed by atoms with Crippen molar-refractivity contribution in [2.45, 2.75) is 12.8 Å². The minimum atomic E-state index is -0.807. The van der Waals surface area contributed by atoms with Crippen molar-refractivity contribution in [2.24, 2.45) is 5.92 Å². The molecule has 1 aliphatic heterocycles. The normalized spacial score (nSPS) is 18.2. The van der Waals surface area contributed by atoms with E-state index in [2.05, 4.69) is 0 Å². The lowest BCUT2D eigenvalue weighted by atomic mass is 9.98. The topological polar surface area (TPSA) is 70.1 Å². The fourth-order valence-electron chi connectivity index (χ4n) is 2.69. The molecule has 0 bridgehead atoms. The molecule has 0 aromatic heterocycles. The molecule has 0 radical (unpaired) electrons. The van der Waals surface area contributed by atoms with Crippen molar-refractivity contribution in [1.29, 1.82) is 0 Å². The van der Waals surface area contributed by atoms with E-state index in [0.717, 1.165) is 13.0 Å². The van der Waals surface area contributed by atoms with Crippen molar-refractivity contribution < 1.29 is 23.8 Å². The van der Waals surface area contributed by atoms with Crippen molar-refractivity contribution in [3.8, 4) is 5.75 Å². The second kappa shape index (κ2) is 8.63. The van der Waals surface area contributed by atoms with Crippen LogP contribution in [0.15, 0.2) is 24.3 Å². The molecule has 1 fully saturated rings. The van der Waals surface area contributed by atoms with Gasteiger partial charge in [0.15, 0.2) is 11.6 Å². The monoisotopic (exact) mass is 338 g/mol. The van der Waals surface area contributed by atoms with Crippen molar-refractivity contribution in [3.05, 3.63) is 30.1 Å². The Morgan fingerprint density at radius 3 is 2.88 bits per heavy atom. The van der Waals surface area contributed by atoms with Gasteiger partial charge in [-0.3, -0.25) is 14.5 Å². The molecule has 1 atom stereocenters. The third-order valence-corrected chi connectivity index (χ3v) is 4.16. The van der Waals surface area contributed by atoms with E-state index in [4.69, 9.17) is 9.84 Å². The minimum Gasteiger partial charge on any atom is -0.489 e. The zero-order valence-corrected chi connectivity index (χ0v) is 13.8. The van der Waals surface area contributed by atoms with Gasteiger partial charge >= 0.3 is 5.97 Å². The van der Waals surface area contributed by atoms with E-state index in [0.29, 0.717) is 19.5 Å². The molecule has 1 heterocycles. The largest absolute Gasteiger partial charge is 0.489 e. The molecule has 1 unspecified atom stereocenters. The number of para-hydroxylation sites is 1. The standard InChI is InChI=1S/C17H23FN2O4/c1-19(9-10-24-15-7-3-2-6-14(15)18)16(21)12-20-8-4-5-13(11-20)17(22)23/h2-3,6-7,13H,4-5,8-12H2,1H3,(H,22,23). The molecule has 132 valence electrons. The number of ether oxygens (including phenoxy) is 1. The second-order valence-corrected chi connectivity index (χ2v) is 6.01. The predicted octanol–water partition coefficient (Wildman–Crippen LogP) is 1.46. The molecule has 2 rings (SSSR count). The number of benzene rings is 1. The Balaban J connectivity index is 1.74. The lowest BCUT2D eigenvalue weighted by Gasteiger charge is -2.31. The SMILES string of the molecule is CN(CCOc1ccccc1F)C(=O)CN1CCCC(C(=O)O)C1. The predicted molar refractivity (Wildman–Crippen MR) is 86.3 cm³/mol. The number of likely N-dealkylation sites (N-methyl/N-ethyl adjacent to an activating group) is 1.